The van der Waals surface area contributed by atoms with Crippen molar-refractivity contribution in [1.82, 2.24) is 0 Å². The molecule has 0 aromatic heterocycles. The minimum atomic E-state index is -1.23. The van der Waals surface area contributed by atoms with E-state index in [0.717, 1.165) is 30.8 Å². The molecule has 0 fully saturated rings. The zero-order valence-corrected chi connectivity index (χ0v) is 13.8. The molecule has 0 saturated heterocycles. The van der Waals surface area contributed by atoms with E-state index in [1.54, 1.807) is 7.11 Å². The third-order valence-electron chi connectivity index (χ3n) is 3.29. The zero-order chi connectivity index (χ0) is 14.8. The highest BCUT2D eigenvalue weighted by Crippen LogP contribution is 2.31. The van der Waals surface area contributed by atoms with Crippen molar-refractivity contribution in [3.63, 3.8) is 0 Å². The Bertz CT molecular complexity index is 807. The van der Waals surface area contributed by atoms with Crippen LogP contribution in [0.15, 0.2) is 74.9 Å². The standard InChI is InChI=1S/C17H13BrO2S/c1-20-13-8-10-14(11-9-13)21(19)16-7-3-5-12-4-2-6-15(18)17(12)16/h2-11H,1H3. The van der Waals surface area contributed by atoms with Gasteiger partial charge in [0.05, 0.1) is 22.8 Å². The van der Waals surface area contributed by atoms with Crippen molar-refractivity contribution in [2.24, 2.45) is 0 Å². The Morgan fingerprint density at radius 1 is 0.952 bits per heavy atom. The molecule has 0 heterocycles. The number of hydrogen-bond donors (Lipinski definition) is 0. The summed E-state index contributed by atoms with van der Waals surface area (Å²) >= 11 is 3.56. The lowest BCUT2D eigenvalue weighted by Gasteiger charge is -2.09. The number of halogens is 1. The van der Waals surface area contributed by atoms with Gasteiger partial charge in [-0.2, -0.15) is 0 Å². The van der Waals surface area contributed by atoms with E-state index in [0.29, 0.717) is 0 Å². The van der Waals surface area contributed by atoms with Crippen molar-refractivity contribution < 1.29 is 8.95 Å². The number of methoxy groups -OCH3 is 1. The SMILES string of the molecule is COc1ccc(S(=O)c2cccc3cccc(Br)c23)cc1. The second kappa shape index (κ2) is 6.00. The first-order valence-electron chi connectivity index (χ1n) is 6.44. The molecule has 106 valence electrons. The van der Waals surface area contributed by atoms with Gasteiger partial charge in [-0.15, -0.1) is 0 Å². The fourth-order valence-electron chi connectivity index (χ4n) is 2.24. The summed E-state index contributed by atoms with van der Waals surface area (Å²) in [6.45, 7) is 0. The number of ether oxygens (including phenoxy) is 1. The van der Waals surface area contributed by atoms with E-state index in [9.17, 15) is 4.21 Å². The topological polar surface area (TPSA) is 26.3 Å². The van der Waals surface area contributed by atoms with Crippen molar-refractivity contribution >= 4 is 37.5 Å². The van der Waals surface area contributed by atoms with Crippen molar-refractivity contribution in [1.29, 1.82) is 0 Å². The summed E-state index contributed by atoms with van der Waals surface area (Å²) in [5, 5.41) is 2.07. The fourth-order valence-corrected chi connectivity index (χ4v) is 4.22. The van der Waals surface area contributed by atoms with Gasteiger partial charge in [-0.1, -0.05) is 40.2 Å². The zero-order valence-electron chi connectivity index (χ0n) is 11.4. The third kappa shape index (κ3) is 2.74. The van der Waals surface area contributed by atoms with Crippen molar-refractivity contribution in [2.75, 3.05) is 7.11 Å². The highest BCUT2D eigenvalue weighted by atomic mass is 79.9. The third-order valence-corrected chi connectivity index (χ3v) is 5.39. The summed E-state index contributed by atoms with van der Waals surface area (Å²) in [5.74, 6) is 0.759. The lowest BCUT2D eigenvalue weighted by Crippen LogP contribution is -1.95. The van der Waals surface area contributed by atoms with Gasteiger partial charge in [0.2, 0.25) is 0 Å². The fraction of sp³-hybridized carbons (Fsp3) is 0.0588. The number of benzene rings is 3. The molecule has 2 nitrogen and oxygen atoms in total. The first kappa shape index (κ1) is 14.3. The molecule has 1 unspecified atom stereocenters. The molecule has 3 aromatic rings. The maximum atomic E-state index is 12.9. The van der Waals surface area contributed by atoms with Crippen LogP contribution in [0, 0.1) is 0 Å². The first-order chi connectivity index (χ1) is 10.2. The molecule has 0 aliphatic heterocycles. The quantitative estimate of drug-likeness (QED) is 0.671. The molecule has 1 atom stereocenters. The molecule has 0 aliphatic rings. The van der Waals surface area contributed by atoms with Crippen LogP contribution in [-0.4, -0.2) is 11.3 Å². The van der Waals surface area contributed by atoms with Crippen LogP contribution < -0.4 is 4.74 Å². The van der Waals surface area contributed by atoms with E-state index in [2.05, 4.69) is 15.9 Å². The highest BCUT2D eigenvalue weighted by molar-refractivity contribution is 9.10. The van der Waals surface area contributed by atoms with Gasteiger partial charge < -0.3 is 4.74 Å². The minimum Gasteiger partial charge on any atom is -0.497 e. The van der Waals surface area contributed by atoms with Crippen LogP contribution in [0.1, 0.15) is 0 Å². The van der Waals surface area contributed by atoms with E-state index in [-0.39, 0.29) is 0 Å². The van der Waals surface area contributed by atoms with E-state index in [1.165, 1.54) is 0 Å². The Hall–Kier alpha value is -1.65. The minimum absolute atomic E-state index is 0.759. The second-order valence-corrected chi connectivity index (χ2v) is 6.84. The smallest absolute Gasteiger partial charge is 0.118 e. The molecular weight excluding hydrogens is 348 g/mol. The lowest BCUT2D eigenvalue weighted by molar-refractivity contribution is 0.414. The van der Waals surface area contributed by atoms with Crippen LogP contribution in [0.25, 0.3) is 10.8 Å². The highest BCUT2D eigenvalue weighted by Gasteiger charge is 2.12. The Balaban J connectivity index is 2.13. The number of rotatable bonds is 3. The molecule has 0 saturated carbocycles. The molecule has 4 heteroatoms. The largest absolute Gasteiger partial charge is 0.497 e. The Morgan fingerprint density at radius 2 is 1.62 bits per heavy atom. The van der Waals surface area contributed by atoms with Crippen molar-refractivity contribution in [2.45, 2.75) is 9.79 Å². The van der Waals surface area contributed by atoms with Crippen LogP contribution in [0.4, 0.5) is 0 Å². The van der Waals surface area contributed by atoms with Gasteiger partial charge in [-0.25, -0.2) is 4.21 Å². The maximum absolute atomic E-state index is 12.9. The number of fused-ring (bicyclic) bond motifs is 1. The molecule has 0 aliphatic carbocycles. The maximum Gasteiger partial charge on any atom is 0.118 e. The van der Waals surface area contributed by atoms with Crippen LogP contribution in [0.3, 0.4) is 0 Å². The van der Waals surface area contributed by atoms with Gasteiger partial charge in [0, 0.05) is 14.8 Å². The van der Waals surface area contributed by atoms with Crippen molar-refractivity contribution in [3.8, 4) is 5.75 Å². The first-order valence-corrected chi connectivity index (χ1v) is 8.38. The Kier molecular flexibility index (Phi) is 4.08. The predicted molar refractivity (Wildman–Crippen MR) is 89.3 cm³/mol. The second-order valence-electron chi connectivity index (χ2n) is 4.54. The molecular formula is C17H13BrO2S. The van der Waals surface area contributed by atoms with Gasteiger partial charge in [0.15, 0.2) is 0 Å². The average molecular weight is 361 g/mol. The predicted octanol–water partition coefficient (Wildman–Crippen LogP) is 4.78. The normalized spacial score (nSPS) is 12.3. The Morgan fingerprint density at radius 3 is 2.29 bits per heavy atom. The van der Waals surface area contributed by atoms with Crippen LogP contribution in [0.2, 0.25) is 0 Å². The van der Waals surface area contributed by atoms with E-state index in [4.69, 9.17) is 4.74 Å². The van der Waals surface area contributed by atoms with E-state index >= 15 is 0 Å². The molecule has 0 amide bonds. The molecule has 0 spiro atoms. The molecule has 0 N–H and O–H groups in total. The summed E-state index contributed by atoms with van der Waals surface area (Å²) in [4.78, 5) is 1.57. The van der Waals surface area contributed by atoms with Gasteiger partial charge in [0.1, 0.15) is 5.75 Å². The molecule has 21 heavy (non-hydrogen) atoms. The summed E-state index contributed by atoms with van der Waals surface area (Å²) in [5.41, 5.74) is 0. The molecule has 3 aromatic carbocycles. The Labute approximate surface area is 134 Å². The monoisotopic (exact) mass is 360 g/mol. The number of hydrogen-bond acceptors (Lipinski definition) is 2. The van der Waals surface area contributed by atoms with Crippen LogP contribution >= 0.6 is 15.9 Å². The van der Waals surface area contributed by atoms with Gasteiger partial charge in [0.25, 0.3) is 0 Å². The van der Waals surface area contributed by atoms with E-state index in [1.807, 2.05) is 60.7 Å². The van der Waals surface area contributed by atoms with Crippen LogP contribution in [0.5, 0.6) is 5.75 Å². The molecule has 0 radical (unpaired) electrons. The summed E-state index contributed by atoms with van der Waals surface area (Å²) < 4.78 is 19.0. The van der Waals surface area contributed by atoms with Crippen molar-refractivity contribution in [3.05, 3.63) is 65.1 Å². The average Bonchev–Trinajstić information content (AvgIpc) is 2.54. The molecule has 3 rings (SSSR count). The summed E-state index contributed by atoms with van der Waals surface area (Å²) in [7, 11) is 0.391. The van der Waals surface area contributed by atoms with Crippen LogP contribution in [-0.2, 0) is 10.8 Å². The summed E-state index contributed by atoms with van der Waals surface area (Å²) in [6, 6.07) is 19.2. The lowest BCUT2D eigenvalue weighted by atomic mass is 10.1. The van der Waals surface area contributed by atoms with Gasteiger partial charge in [-0.3, -0.25) is 0 Å². The molecule has 0 bridgehead atoms. The van der Waals surface area contributed by atoms with Gasteiger partial charge >= 0.3 is 0 Å². The van der Waals surface area contributed by atoms with E-state index < -0.39 is 10.8 Å². The summed E-state index contributed by atoms with van der Waals surface area (Å²) in [6.07, 6.45) is 0. The van der Waals surface area contributed by atoms with Gasteiger partial charge in [-0.05, 0) is 41.8 Å².